The summed E-state index contributed by atoms with van der Waals surface area (Å²) in [6, 6.07) is 23.2. The first kappa shape index (κ1) is 21.4. The predicted octanol–water partition coefficient (Wildman–Crippen LogP) is 8.07. The highest BCUT2D eigenvalue weighted by molar-refractivity contribution is 9.10. The third-order valence-corrected chi connectivity index (χ3v) is 6.52. The van der Waals surface area contributed by atoms with E-state index in [9.17, 15) is 0 Å². The predicted molar refractivity (Wildman–Crippen MR) is 143 cm³/mol. The Morgan fingerprint density at radius 1 is 0.970 bits per heavy atom. The van der Waals surface area contributed by atoms with Gasteiger partial charge in [-0.2, -0.15) is 0 Å². The van der Waals surface area contributed by atoms with Gasteiger partial charge in [0.1, 0.15) is 5.82 Å². The van der Waals surface area contributed by atoms with Crippen LogP contribution in [0.15, 0.2) is 89.9 Å². The maximum absolute atomic E-state index is 5.15. The second-order valence-corrected chi connectivity index (χ2v) is 8.90. The highest BCUT2D eigenvalue weighted by atomic mass is 79.9. The number of pyridine rings is 1. The molecule has 0 bridgehead atoms. The zero-order valence-corrected chi connectivity index (χ0v) is 20.3. The lowest BCUT2D eigenvalue weighted by molar-refractivity contribution is 0.908. The van der Waals surface area contributed by atoms with Gasteiger partial charge < -0.3 is 0 Å². The number of nitrogens with zero attached hydrogens (tertiary/aromatic N) is 3. The van der Waals surface area contributed by atoms with E-state index in [4.69, 9.17) is 9.97 Å². The van der Waals surface area contributed by atoms with Crippen LogP contribution >= 0.6 is 15.9 Å². The van der Waals surface area contributed by atoms with E-state index in [0.717, 1.165) is 61.3 Å². The van der Waals surface area contributed by atoms with Gasteiger partial charge >= 0.3 is 0 Å². The highest BCUT2D eigenvalue weighted by Crippen LogP contribution is 2.37. The number of aromatic nitrogens is 3. The van der Waals surface area contributed by atoms with Crippen LogP contribution in [0.25, 0.3) is 44.8 Å². The summed E-state index contributed by atoms with van der Waals surface area (Å²) < 4.78 is 3.31. The van der Waals surface area contributed by atoms with Crippen LogP contribution in [0.2, 0.25) is 0 Å². The molecule has 0 unspecified atom stereocenters. The van der Waals surface area contributed by atoms with Crippen LogP contribution in [0.5, 0.6) is 0 Å². The van der Waals surface area contributed by atoms with E-state index in [1.165, 1.54) is 5.39 Å². The second kappa shape index (κ2) is 8.80. The summed E-state index contributed by atoms with van der Waals surface area (Å²) in [4.78, 5) is 10.3. The Balaban J connectivity index is 1.92. The van der Waals surface area contributed by atoms with E-state index in [2.05, 4.69) is 102 Å². The van der Waals surface area contributed by atoms with Crippen molar-refractivity contribution in [3.8, 4) is 16.9 Å². The molecule has 33 heavy (non-hydrogen) atoms. The molecule has 0 aliphatic heterocycles. The van der Waals surface area contributed by atoms with Crippen LogP contribution in [-0.4, -0.2) is 14.5 Å². The van der Waals surface area contributed by atoms with E-state index in [1.807, 2.05) is 18.2 Å². The molecule has 0 N–H and O–H groups in total. The molecule has 2 heterocycles. The monoisotopic (exact) mass is 493 g/mol. The minimum Gasteiger partial charge on any atom is -0.296 e. The minimum atomic E-state index is 0.839. The van der Waals surface area contributed by atoms with E-state index >= 15 is 0 Å². The summed E-state index contributed by atoms with van der Waals surface area (Å²) in [6.45, 7) is 8.10. The topological polar surface area (TPSA) is 30.7 Å². The molecule has 3 nitrogen and oxygen atoms in total. The maximum Gasteiger partial charge on any atom is 0.114 e. The highest BCUT2D eigenvalue weighted by Gasteiger charge is 2.19. The number of hydrogen-bond donors (Lipinski definition) is 0. The molecule has 0 spiro atoms. The van der Waals surface area contributed by atoms with E-state index in [1.54, 1.807) is 6.08 Å². The zero-order chi connectivity index (χ0) is 22.9. The molecule has 0 radical (unpaired) electrons. The molecule has 162 valence electrons. The number of para-hydroxylation sites is 1. The van der Waals surface area contributed by atoms with Crippen molar-refractivity contribution in [1.82, 2.24) is 14.5 Å². The van der Waals surface area contributed by atoms with Crippen LogP contribution in [0.4, 0.5) is 0 Å². The molecule has 0 aliphatic rings. The summed E-state index contributed by atoms with van der Waals surface area (Å²) in [7, 11) is 0. The van der Waals surface area contributed by atoms with Gasteiger partial charge in [0.25, 0.3) is 0 Å². The van der Waals surface area contributed by atoms with Gasteiger partial charge in [-0.3, -0.25) is 4.57 Å². The standard InChI is InChI=1S/C29H24BrN3/c1-4-6-12-24-19(3)23-17-18-25-29(27(23)28(31-24)20-13-15-21(30)16-14-20)32-26(5-2)33(25)22-10-8-7-9-11-22/h4,6-18H,1,5H2,2-3H3/b12-6-. The van der Waals surface area contributed by atoms with Crippen molar-refractivity contribution < 1.29 is 0 Å². The maximum atomic E-state index is 5.15. The second-order valence-electron chi connectivity index (χ2n) is 7.98. The Bertz CT molecular complexity index is 1510. The van der Waals surface area contributed by atoms with Gasteiger partial charge in [0.2, 0.25) is 0 Å². The number of benzene rings is 3. The van der Waals surface area contributed by atoms with Crippen LogP contribution < -0.4 is 0 Å². The Kier molecular flexibility index (Phi) is 5.69. The molecule has 2 aromatic heterocycles. The normalized spacial score (nSPS) is 11.6. The lowest BCUT2D eigenvalue weighted by atomic mass is 9.97. The van der Waals surface area contributed by atoms with Gasteiger partial charge in [0.05, 0.1) is 22.4 Å². The molecular formula is C29H24BrN3. The molecule has 0 aliphatic carbocycles. The van der Waals surface area contributed by atoms with Gasteiger partial charge in [-0.25, -0.2) is 9.97 Å². The Hall–Kier alpha value is -3.50. The molecule has 5 rings (SSSR count). The van der Waals surface area contributed by atoms with Gasteiger partial charge in [-0.15, -0.1) is 0 Å². The van der Waals surface area contributed by atoms with Crippen molar-refractivity contribution >= 4 is 43.8 Å². The van der Waals surface area contributed by atoms with Gasteiger partial charge in [0, 0.05) is 27.5 Å². The van der Waals surface area contributed by atoms with Crippen molar-refractivity contribution in [2.45, 2.75) is 20.3 Å². The van der Waals surface area contributed by atoms with Crippen molar-refractivity contribution in [1.29, 1.82) is 0 Å². The molecule has 0 fully saturated rings. The number of halogens is 1. The molecule has 0 saturated heterocycles. The van der Waals surface area contributed by atoms with Crippen LogP contribution in [-0.2, 0) is 6.42 Å². The van der Waals surface area contributed by atoms with Crippen molar-refractivity contribution in [2.75, 3.05) is 0 Å². The average molecular weight is 494 g/mol. The molecule has 5 aromatic rings. The first-order valence-electron chi connectivity index (χ1n) is 11.1. The van der Waals surface area contributed by atoms with E-state index in [0.29, 0.717) is 0 Å². The number of rotatable bonds is 5. The van der Waals surface area contributed by atoms with Gasteiger partial charge in [-0.1, -0.05) is 78.0 Å². The molecular weight excluding hydrogens is 470 g/mol. The Morgan fingerprint density at radius 2 is 1.73 bits per heavy atom. The van der Waals surface area contributed by atoms with Gasteiger partial charge in [-0.05, 0) is 54.3 Å². The first-order valence-corrected chi connectivity index (χ1v) is 11.9. The Morgan fingerprint density at radius 3 is 2.42 bits per heavy atom. The average Bonchev–Trinajstić information content (AvgIpc) is 3.23. The number of hydrogen-bond acceptors (Lipinski definition) is 2. The number of allylic oxidation sites excluding steroid dienone is 2. The molecule has 0 saturated carbocycles. The SMILES string of the molecule is C=C/C=C\c1nc(-c2ccc(Br)cc2)c2c(ccc3c2nc(CC)n3-c2ccccc2)c1C. The summed E-state index contributed by atoms with van der Waals surface area (Å²) in [5.74, 6) is 1.04. The first-order chi connectivity index (χ1) is 16.1. The fraction of sp³-hybridized carbons (Fsp3) is 0.103. The van der Waals surface area contributed by atoms with Crippen LogP contribution in [0.3, 0.4) is 0 Å². The fourth-order valence-corrected chi connectivity index (χ4v) is 4.65. The molecule has 4 heteroatoms. The minimum absolute atomic E-state index is 0.839. The van der Waals surface area contributed by atoms with Crippen LogP contribution in [0, 0.1) is 6.92 Å². The van der Waals surface area contributed by atoms with Crippen molar-refractivity contribution in [3.63, 3.8) is 0 Å². The summed E-state index contributed by atoms with van der Waals surface area (Å²) in [5, 5.41) is 2.26. The molecule has 0 amide bonds. The zero-order valence-electron chi connectivity index (χ0n) is 18.7. The summed E-state index contributed by atoms with van der Waals surface area (Å²) >= 11 is 3.56. The number of aryl methyl sites for hydroxylation is 2. The lowest BCUT2D eigenvalue weighted by Crippen LogP contribution is -1.99. The van der Waals surface area contributed by atoms with Gasteiger partial charge in [0.15, 0.2) is 0 Å². The smallest absolute Gasteiger partial charge is 0.114 e. The summed E-state index contributed by atoms with van der Waals surface area (Å²) in [5.41, 5.74) is 7.29. The summed E-state index contributed by atoms with van der Waals surface area (Å²) in [6.07, 6.45) is 6.58. The van der Waals surface area contributed by atoms with E-state index < -0.39 is 0 Å². The number of fused-ring (bicyclic) bond motifs is 3. The largest absolute Gasteiger partial charge is 0.296 e. The Labute approximate surface area is 202 Å². The molecule has 3 aromatic carbocycles. The third kappa shape index (κ3) is 3.70. The lowest BCUT2D eigenvalue weighted by Gasteiger charge is -2.13. The quantitative estimate of drug-likeness (QED) is 0.231. The van der Waals surface area contributed by atoms with E-state index in [-0.39, 0.29) is 0 Å². The number of imidazole rings is 1. The van der Waals surface area contributed by atoms with Crippen molar-refractivity contribution in [3.05, 3.63) is 107 Å². The molecule has 0 atom stereocenters. The van der Waals surface area contributed by atoms with Crippen LogP contribution in [0.1, 0.15) is 24.0 Å². The van der Waals surface area contributed by atoms with Crippen molar-refractivity contribution in [2.24, 2.45) is 0 Å². The third-order valence-electron chi connectivity index (χ3n) is 5.99. The fourth-order valence-electron chi connectivity index (χ4n) is 4.38.